The molecule has 0 unspecified atom stereocenters. The van der Waals surface area contributed by atoms with E-state index in [0.717, 1.165) is 16.5 Å². The average Bonchev–Trinajstić information content (AvgIpc) is 2.32. The molecule has 1 aromatic rings. The predicted octanol–water partition coefficient (Wildman–Crippen LogP) is 3.13. The van der Waals surface area contributed by atoms with Gasteiger partial charge in [0.25, 0.3) is 0 Å². The molecule has 0 saturated heterocycles. The van der Waals surface area contributed by atoms with Gasteiger partial charge in [-0.3, -0.25) is 4.79 Å². The molecule has 0 heterocycles. The van der Waals surface area contributed by atoms with Crippen LogP contribution in [0.4, 0.5) is 10.5 Å². The monoisotopic (exact) mass is 340 g/mol. The van der Waals surface area contributed by atoms with Crippen LogP contribution in [0.3, 0.4) is 0 Å². The highest BCUT2D eigenvalue weighted by atomic mass is 79.9. The first-order valence-corrected chi connectivity index (χ1v) is 7.27. The Morgan fingerprint density at radius 3 is 2.65 bits per heavy atom. The number of rotatable bonds is 4. The summed E-state index contributed by atoms with van der Waals surface area (Å²) in [4.78, 5) is 23.1. The molecule has 1 aliphatic rings. The van der Waals surface area contributed by atoms with Crippen LogP contribution >= 0.6 is 15.9 Å². The maximum Gasteiger partial charge on any atom is 0.319 e. The number of hydrogen-bond acceptors (Lipinski definition) is 2. The van der Waals surface area contributed by atoms with Gasteiger partial charge in [-0.2, -0.15) is 0 Å². The molecule has 0 spiro atoms. The van der Waals surface area contributed by atoms with Crippen molar-refractivity contribution in [3.63, 3.8) is 0 Å². The van der Waals surface area contributed by atoms with Crippen LogP contribution in [0.5, 0.6) is 0 Å². The van der Waals surface area contributed by atoms with E-state index in [9.17, 15) is 14.7 Å². The zero-order valence-electron chi connectivity index (χ0n) is 11.2. The number of amides is 2. The summed E-state index contributed by atoms with van der Waals surface area (Å²) in [5, 5.41) is 14.6. The lowest BCUT2D eigenvalue weighted by Crippen LogP contribution is -2.48. The number of urea groups is 1. The van der Waals surface area contributed by atoms with E-state index in [1.807, 2.05) is 25.1 Å². The van der Waals surface area contributed by atoms with Crippen molar-refractivity contribution < 1.29 is 14.7 Å². The van der Waals surface area contributed by atoms with Gasteiger partial charge in [0.05, 0.1) is 5.41 Å². The molecule has 5 nitrogen and oxygen atoms in total. The number of carbonyl (C=O) groups is 2. The third-order valence-corrected chi connectivity index (χ3v) is 4.29. The van der Waals surface area contributed by atoms with Crippen molar-refractivity contribution in [3.05, 3.63) is 28.2 Å². The molecule has 6 heteroatoms. The summed E-state index contributed by atoms with van der Waals surface area (Å²) >= 11 is 3.35. The molecule has 2 rings (SSSR count). The van der Waals surface area contributed by atoms with Crippen LogP contribution in [0, 0.1) is 12.3 Å². The fourth-order valence-electron chi connectivity index (χ4n) is 2.21. The molecular weight excluding hydrogens is 324 g/mol. The minimum atomic E-state index is -0.831. The van der Waals surface area contributed by atoms with Gasteiger partial charge >= 0.3 is 12.0 Å². The van der Waals surface area contributed by atoms with Crippen LogP contribution in [0.25, 0.3) is 0 Å². The SMILES string of the molecule is Cc1ccc(Br)cc1NC(=O)NCC1(C(=O)O)CCC1. The molecule has 2 amide bonds. The molecule has 1 fully saturated rings. The summed E-state index contributed by atoms with van der Waals surface area (Å²) in [6.07, 6.45) is 2.15. The van der Waals surface area contributed by atoms with Gasteiger partial charge in [0, 0.05) is 16.7 Å². The van der Waals surface area contributed by atoms with Crippen molar-refractivity contribution in [1.29, 1.82) is 0 Å². The van der Waals surface area contributed by atoms with Gasteiger partial charge in [0.15, 0.2) is 0 Å². The van der Waals surface area contributed by atoms with Gasteiger partial charge in [-0.25, -0.2) is 4.79 Å². The Hall–Kier alpha value is -1.56. The van der Waals surface area contributed by atoms with E-state index in [2.05, 4.69) is 26.6 Å². The van der Waals surface area contributed by atoms with Crippen LogP contribution in [-0.2, 0) is 4.79 Å². The molecule has 0 aliphatic heterocycles. The number of halogens is 1. The Balaban J connectivity index is 1.93. The number of aliphatic carboxylic acids is 1. The maximum atomic E-state index is 11.9. The van der Waals surface area contributed by atoms with Crippen LogP contribution in [0.2, 0.25) is 0 Å². The molecule has 1 aromatic carbocycles. The van der Waals surface area contributed by atoms with Crippen LogP contribution in [0.1, 0.15) is 24.8 Å². The smallest absolute Gasteiger partial charge is 0.319 e. The highest BCUT2D eigenvalue weighted by Crippen LogP contribution is 2.40. The molecule has 1 aliphatic carbocycles. The summed E-state index contributed by atoms with van der Waals surface area (Å²) in [5.41, 5.74) is 0.874. The minimum absolute atomic E-state index is 0.168. The molecule has 3 N–H and O–H groups in total. The van der Waals surface area contributed by atoms with Gasteiger partial charge in [-0.05, 0) is 37.5 Å². The van der Waals surface area contributed by atoms with E-state index in [1.165, 1.54) is 0 Å². The average molecular weight is 341 g/mol. The lowest BCUT2D eigenvalue weighted by atomic mass is 9.69. The minimum Gasteiger partial charge on any atom is -0.481 e. The molecule has 108 valence electrons. The van der Waals surface area contributed by atoms with Crippen molar-refractivity contribution in [3.8, 4) is 0 Å². The van der Waals surface area contributed by atoms with Crippen molar-refractivity contribution in [2.45, 2.75) is 26.2 Å². The van der Waals surface area contributed by atoms with Crippen molar-refractivity contribution in [1.82, 2.24) is 5.32 Å². The zero-order valence-corrected chi connectivity index (χ0v) is 12.8. The number of carboxylic acid groups (broad SMARTS) is 1. The summed E-state index contributed by atoms with van der Waals surface area (Å²) < 4.78 is 0.874. The highest BCUT2D eigenvalue weighted by Gasteiger charge is 2.44. The Morgan fingerprint density at radius 1 is 1.40 bits per heavy atom. The second-order valence-electron chi connectivity index (χ2n) is 5.21. The van der Waals surface area contributed by atoms with E-state index in [0.29, 0.717) is 18.5 Å². The Labute approximate surface area is 125 Å². The molecule has 0 aromatic heterocycles. The van der Waals surface area contributed by atoms with E-state index in [-0.39, 0.29) is 12.6 Å². The van der Waals surface area contributed by atoms with Crippen LogP contribution < -0.4 is 10.6 Å². The zero-order chi connectivity index (χ0) is 14.8. The fourth-order valence-corrected chi connectivity index (χ4v) is 2.58. The van der Waals surface area contributed by atoms with E-state index < -0.39 is 11.4 Å². The number of benzene rings is 1. The maximum absolute atomic E-state index is 11.9. The normalized spacial score (nSPS) is 16.1. The third kappa shape index (κ3) is 3.12. The largest absolute Gasteiger partial charge is 0.481 e. The van der Waals surface area contributed by atoms with Crippen LogP contribution in [0.15, 0.2) is 22.7 Å². The first-order valence-electron chi connectivity index (χ1n) is 6.47. The second-order valence-corrected chi connectivity index (χ2v) is 6.12. The Kier molecular flexibility index (Phi) is 4.32. The number of anilines is 1. The van der Waals surface area contributed by atoms with Crippen molar-refractivity contribution in [2.24, 2.45) is 5.41 Å². The van der Waals surface area contributed by atoms with E-state index in [4.69, 9.17) is 0 Å². The van der Waals surface area contributed by atoms with Gasteiger partial charge in [0.1, 0.15) is 0 Å². The lowest BCUT2D eigenvalue weighted by Gasteiger charge is -2.37. The quantitative estimate of drug-likeness (QED) is 0.787. The van der Waals surface area contributed by atoms with Gasteiger partial charge in [-0.15, -0.1) is 0 Å². The summed E-state index contributed by atoms with van der Waals surface area (Å²) in [6.45, 7) is 2.06. The fraction of sp³-hybridized carbons (Fsp3) is 0.429. The number of carboxylic acids is 1. The number of carbonyl (C=O) groups excluding carboxylic acids is 1. The molecule has 0 bridgehead atoms. The first-order chi connectivity index (χ1) is 9.43. The lowest BCUT2D eigenvalue weighted by molar-refractivity contribution is -0.153. The Bertz CT molecular complexity index is 541. The second kappa shape index (κ2) is 5.83. The molecule has 1 saturated carbocycles. The summed E-state index contributed by atoms with van der Waals surface area (Å²) in [7, 11) is 0. The molecule has 20 heavy (non-hydrogen) atoms. The highest BCUT2D eigenvalue weighted by molar-refractivity contribution is 9.10. The summed E-state index contributed by atoms with van der Waals surface area (Å²) in [5.74, 6) is -0.831. The Morgan fingerprint density at radius 2 is 2.10 bits per heavy atom. The van der Waals surface area contributed by atoms with Gasteiger partial charge in [0.2, 0.25) is 0 Å². The summed E-state index contributed by atoms with van der Waals surface area (Å²) in [6, 6.07) is 5.22. The molecule has 0 radical (unpaired) electrons. The number of nitrogens with one attached hydrogen (secondary N) is 2. The van der Waals surface area contributed by atoms with E-state index >= 15 is 0 Å². The van der Waals surface area contributed by atoms with E-state index in [1.54, 1.807) is 0 Å². The predicted molar refractivity (Wildman–Crippen MR) is 79.8 cm³/mol. The number of hydrogen-bond donors (Lipinski definition) is 3. The van der Waals surface area contributed by atoms with Crippen molar-refractivity contribution >= 4 is 33.6 Å². The van der Waals surface area contributed by atoms with Crippen molar-refractivity contribution in [2.75, 3.05) is 11.9 Å². The van der Waals surface area contributed by atoms with Crippen LogP contribution in [-0.4, -0.2) is 23.7 Å². The van der Waals surface area contributed by atoms with Gasteiger partial charge in [-0.1, -0.05) is 28.4 Å². The number of aryl methyl sites for hydroxylation is 1. The first kappa shape index (κ1) is 14.8. The van der Waals surface area contributed by atoms with Gasteiger partial charge < -0.3 is 15.7 Å². The third-order valence-electron chi connectivity index (χ3n) is 3.80. The standard InChI is InChI=1S/C14H17BrN2O3/c1-9-3-4-10(15)7-11(9)17-13(20)16-8-14(12(18)19)5-2-6-14/h3-4,7H,2,5-6,8H2,1H3,(H,18,19)(H2,16,17,20). The molecule has 0 atom stereocenters. The molecular formula is C14H17BrN2O3. The topological polar surface area (TPSA) is 78.4 Å².